The fourth-order valence-corrected chi connectivity index (χ4v) is 3.52. The maximum Gasteiger partial charge on any atom is 0.254 e. The Balaban J connectivity index is 2.94. The SMILES string of the molecule is CCC(CBr)(CBr)NC(=O)c1ccc(Cl)cc1F. The predicted octanol–water partition coefficient (Wildman–Crippen LogP) is 4.15. The zero-order chi connectivity index (χ0) is 13.8. The van der Waals surface area contributed by atoms with Crippen molar-refractivity contribution in [3.05, 3.63) is 34.6 Å². The first-order chi connectivity index (χ1) is 8.48. The second-order valence-corrected chi connectivity index (χ2v) is 5.54. The third kappa shape index (κ3) is 3.68. The summed E-state index contributed by atoms with van der Waals surface area (Å²) < 4.78 is 13.6. The molecule has 1 aromatic rings. The number of rotatable bonds is 5. The van der Waals surface area contributed by atoms with Gasteiger partial charge in [0.1, 0.15) is 5.82 Å². The van der Waals surface area contributed by atoms with Gasteiger partial charge in [-0.25, -0.2) is 4.39 Å². The van der Waals surface area contributed by atoms with E-state index in [1.807, 2.05) is 6.92 Å². The number of nitrogens with one attached hydrogen (secondary N) is 1. The van der Waals surface area contributed by atoms with Crippen LogP contribution >= 0.6 is 43.5 Å². The van der Waals surface area contributed by atoms with E-state index in [9.17, 15) is 9.18 Å². The minimum absolute atomic E-state index is 0.000810. The van der Waals surface area contributed by atoms with Crippen LogP contribution in [0.25, 0.3) is 0 Å². The number of hydrogen-bond acceptors (Lipinski definition) is 1. The van der Waals surface area contributed by atoms with Gasteiger partial charge in [-0.15, -0.1) is 0 Å². The molecule has 0 atom stereocenters. The normalized spacial score (nSPS) is 11.4. The fraction of sp³-hybridized carbons (Fsp3) is 0.417. The molecule has 0 radical (unpaired) electrons. The number of alkyl halides is 2. The Kier molecular flexibility index (Phi) is 6.08. The fourth-order valence-electron chi connectivity index (χ4n) is 1.36. The van der Waals surface area contributed by atoms with Crippen molar-refractivity contribution >= 4 is 49.4 Å². The topological polar surface area (TPSA) is 29.1 Å². The highest BCUT2D eigenvalue weighted by molar-refractivity contribution is 9.09. The number of carbonyl (C=O) groups is 1. The van der Waals surface area contributed by atoms with Crippen LogP contribution in [-0.2, 0) is 0 Å². The van der Waals surface area contributed by atoms with E-state index in [2.05, 4.69) is 37.2 Å². The van der Waals surface area contributed by atoms with Crippen molar-refractivity contribution in [3.63, 3.8) is 0 Å². The van der Waals surface area contributed by atoms with Gasteiger partial charge in [-0.05, 0) is 24.6 Å². The smallest absolute Gasteiger partial charge is 0.254 e. The molecule has 1 aromatic carbocycles. The van der Waals surface area contributed by atoms with Crippen LogP contribution in [0.1, 0.15) is 23.7 Å². The van der Waals surface area contributed by atoms with E-state index in [1.165, 1.54) is 12.1 Å². The molecule has 1 amide bonds. The van der Waals surface area contributed by atoms with Gasteiger partial charge in [-0.3, -0.25) is 4.79 Å². The second-order valence-electron chi connectivity index (χ2n) is 3.98. The first-order valence-electron chi connectivity index (χ1n) is 5.37. The molecule has 0 bridgehead atoms. The Morgan fingerprint density at radius 3 is 2.50 bits per heavy atom. The molecule has 0 aliphatic rings. The first-order valence-corrected chi connectivity index (χ1v) is 7.99. The minimum atomic E-state index is -0.617. The minimum Gasteiger partial charge on any atom is -0.345 e. The molecule has 1 rings (SSSR count). The molecule has 0 aromatic heterocycles. The highest BCUT2D eigenvalue weighted by Gasteiger charge is 2.28. The van der Waals surface area contributed by atoms with E-state index in [0.717, 1.165) is 12.5 Å². The van der Waals surface area contributed by atoms with E-state index < -0.39 is 17.3 Å². The van der Waals surface area contributed by atoms with Crippen molar-refractivity contribution in [2.24, 2.45) is 0 Å². The molecule has 0 fully saturated rings. The maximum atomic E-state index is 13.6. The van der Waals surface area contributed by atoms with E-state index >= 15 is 0 Å². The van der Waals surface area contributed by atoms with Crippen LogP contribution < -0.4 is 5.32 Å². The molecule has 0 aliphatic heterocycles. The van der Waals surface area contributed by atoms with Gasteiger partial charge in [-0.1, -0.05) is 50.4 Å². The van der Waals surface area contributed by atoms with Crippen LogP contribution in [0.4, 0.5) is 4.39 Å². The summed E-state index contributed by atoms with van der Waals surface area (Å²) in [7, 11) is 0. The summed E-state index contributed by atoms with van der Waals surface area (Å²) in [6.45, 7) is 1.96. The van der Waals surface area contributed by atoms with Gasteiger partial charge in [0.15, 0.2) is 0 Å². The Hall–Kier alpha value is -0.130. The van der Waals surface area contributed by atoms with Crippen LogP contribution in [-0.4, -0.2) is 22.1 Å². The molecule has 0 saturated heterocycles. The van der Waals surface area contributed by atoms with Crippen LogP contribution in [0.5, 0.6) is 0 Å². The standard InChI is InChI=1S/C12H13Br2ClFNO/c1-2-12(6-13,7-14)17-11(18)9-4-3-8(15)5-10(9)16/h3-5H,2,6-7H2,1H3,(H,17,18). The van der Waals surface area contributed by atoms with E-state index in [1.54, 1.807) is 0 Å². The second kappa shape index (κ2) is 6.87. The highest BCUT2D eigenvalue weighted by atomic mass is 79.9. The van der Waals surface area contributed by atoms with Crippen LogP contribution in [0.2, 0.25) is 5.02 Å². The Morgan fingerprint density at radius 2 is 2.06 bits per heavy atom. The maximum absolute atomic E-state index is 13.6. The van der Waals surface area contributed by atoms with Gasteiger partial charge >= 0.3 is 0 Å². The van der Waals surface area contributed by atoms with Crippen molar-refractivity contribution in [3.8, 4) is 0 Å². The molecule has 0 unspecified atom stereocenters. The van der Waals surface area contributed by atoms with E-state index in [0.29, 0.717) is 10.7 Å². The van der Waals surface area contributed by atoms with Crippen LogP contribution in [0.15, 0.2) is 18.2 Å². The van der Waals surface area contributed by atoms with Crippen LogP contribution in [0, 0.1) is 5.82 Å². The number of benzene rings is 1. The Morgan fingerprint density at radius 1 is 1.44 bits per heavy atom. The van der Waals surface area contributed by atoms with Crippen molar-refractivity contribution in [1.29, 1.82) is 0 Å². The predicted molar refractivity (Wildman–Crippen MR) is 79.5 cm³/mol. The molecular formula is C12H13Br2ClFNO. The average Bonchev–Trinajstić information content (AvgIpc) is 2.36. The zero-order valence-electron chi connectivity index (χ0n) is 9.77. The van der Waals surface area contributed by atoms with Crippen molar-refractivity contribution in [2.75, 3.05) is 10.7 Å². The summed E-state index contributed by atoms with van der Waals surface area (Å²) in [6.07, 6.45) is 0.727. The lowest BCUT2D eigenvalue weighted by atomic mass is 10.0. The number of carbonyl (C=O) groups excluding carboxylic acids is 1. The quantitative estimate of drug-likeness (QED) is 0.738. The van der Waals surface area contributed by atoms with Gasteiger partial charge in [0, 0.05) is 15.7 Å². The molecular weight excluding hydrogens is 388 g/mol. The molecule has 2 nitrogen and oxygen atoms in total. The zero-order valence-corrected chi connectivity index (χ0v) is 13.7. The lowest BCUT2D eigenvalue weighted by Crippen LogP contribution is -2.51. The average molecular weight is 402 g/mol. The van der Waals surface area contributed by atoms with Gasteiger partial charge in [0.2, 0.25) is 0 Å². The van der Waals surface area contributed by atoms with Crippen LogP contribution in [0.3, 0.4) is 0 Å². The number of halogens is 4. The summed E-state index contributed by atoms with van der Waals surface area (Å²) in [6, 6.07) is 4.01. The molecule has 1 N–H and O–H groups in total. The van der Waals surface area contributed by atoms with Crippen molar-refractivity contribution in [2.45, 2.75) is 18.9 Å². The highest BCUT2D eigenvalue weighted by Crippen LogP contribution is 2.20. The summed E-state index contributed by atoms with van der Waals surface area (Å²) in [5.41, 5.74) is -0.428. The number of hydrogen-bond donors (Lipinski definition) is 1. The summed E-state index contributed by atoms with van der Waals surface area (Å²) in [4.78, 5) is 12.0. The molecule has 6 heteroatoms. The third-order valence-corrected chi connectivity index (χ3v) is 5.12. The summed E-state index contributed by atoms with van der Waals surface area (Å²) in [5.74, 6) is -1.06. The van der Waals surface area contributed by atoms with Crippen molar-refractivity contribution in [1.82, 2.24) is 5.32 Å². The van der Waals surface area contributed by atoms with E-state index in [-0.39, 0.29) is 10.6 Å². The lowest BCUT2D eigenvalue weighted by Gasteiger charge is -2.30. The summed E-state index contributed by atoms with van der Waals surface area (Å²) in [5, 5.41) is 4.28. The summed E-state index contributed by atoms with van der Waals surface area (Å²) >= 11 is 12.4. The molecule has 0 saturated carbocycles. The first kappa shape index (κ1) is 15.9. The Labute approximate surface area is 128 Å². The van der Waals surface area contributed by atoms with Crippen molar-refractivity contribution < 1.29 is 9.18 Å². The van der Waals surface area contributed by atoms with Gasteiger partial charge in [-0.2, -0.15) is 0 Å². The molecule has 18 heavy (non-hydrogen) atoms. The Bertz CT molecular complexity index is 430. The van der Waals surface area contributed by atoms with Gasteiger partial charge in [0.05, 0.1) is 11.1 Å². The molecule has 0 heterocycles. The number of amides is 1. The van der Waals surface area contributed by atoms with E-state index in [4.69, 9.17) is 11.6 Å². The van der Waals surface area contributed by atoms with Gasteiger partial charge in [0.25, 0.3) is 5.91 Å². The molecule has 0 spiro atoms. The van der Waals surface area contributed by atoms with Gasteiger partial charge < -0.3 is 5.32 Å². The lowest BCUT2D eigenvalue weighted by molar-refractivity contribution is 0.0911. The monoisotopic (exact) mass is 399 g/mol. The molecule has 100 valence electrons. The molecule has 0 aliphatic carbocycles. The largest absolute Gasteiger partial charge is 0.345 e. The third-order valence-electron chi connectivity index (χ3n) is 2.74.